The second-order valence-electron chi connectivity index (χ2n) is 5.82. The molecule has 1 aromatic heterocycles. The molecule has 2 aromatic carbocycles. The molecule has 142 valence electrons. The molecule has 0 radical (unpaired) electrons. The van der Waals surface area contributed by atoms with E-state index < -0.39 is 0 Å². The topological polar surface area (TPSA) is 87.6 Å². The number of anilines is 2. The van der Waals surface area contributed by atoms with Crippen LogP contribution in [-0.4, -0.2) is 34.3 Å². The number of hydrogen-bond acceptors (Lipinski definition) is 6. The molecule has 0 spiro atoms. The normalized spacial score (nSPS) is 11.4. The lowest BCUT2D eigenvalue weighted by atomic mass is 10.1. The standard InChI is InChI=1S/C19H20N4O3.ClH/c1-12(22-13(2)24)23(14-7-5-4-6-8-14)19-15-9-17(25)18(26-3)10-16(15)20-11-21-19;/h4-12,25H,1-3H3,(H,22,24);1H. The molecular formula is C19H21ClN4O3. The van der Waals surface area contributed by atoms with Crippen LogP contribution in [0.2, 0.25) is 0 Å². The summed E-state index contributed by atoms with van der Waals surface area (Å²) in [7, 11) is 1.48. The highest BCUT2D eigenvalue weighted by Crippen LogP contribution is 2.36. The van der Waals surface area contributed by atoms with E-state index in [1.165, 1.54) is 20.4 Å². The van der Waals surface area contributed by atoms with E-state index in [1.807, 2.05) is 42.2 Å². The number of halogens is 1. The number of benzene rings is 2. The minimum absolute atomic E-state index is 0. The van der Waals surface area contributed by atoms with E-state index in [-0.39, 0.29) is 30.2 Å². The highest BCUT2D eigenvalue weighted by molar-refractivity contribution is 5.94. The van der Waals surface area contributed by atoms with Crippen molar-refractivity contribution < 1.29 is 14.6 Å². The fourth-order valence-corrected chi connectivity index (χ4v) is 2.89. The van der Waals surface area contributed by atoms with Crippen LogP contribution in [0.4, 0.5) is 11.5 Å². The Hall–Kier alpha value is -3.06. The van der Waals surface area contributed by atoms with Crippen LogP contribution in [0.3, 0.4) is 0 Å². The van der Waals surface area contributed by atoms with Crippen molar-refractivity contribution in [3.8, 4) is 11.5 Å². The van der Waals surface area contributed by atoms with E-state index in [2.05, 4.69) is 15.3 Å². The second-order valence-corrected chi connectivity index (χ2v) is 5.82. The van der Waals surface area contributed by atoms with E-state index in [4.69, 9.17) is 4.74 Å². The number of fused-ring (bicyclic) bond motifs is 1. The summed E-state index contributed by atoms with van der Waals surface area (Å²) in [5, 5.41) is 13.7. The molecule has 7 nitrogen and oxygen atoms in total. The molecule has 1 heterocycles. The maximum absolute atomic E-state index is 11.6. The molecule has 8 heteroatoms. The first kappa shape index (κ1) is 20.3. The maximum Gasteiger partial charge on any atom is 0.218 e. The van der Waals surface area contributed by atoms with Crippen LogP contribution in [0, 0.1) is 0 Å². The monoisotopic (exact) mass is 388 g/mol. The molecule has 0 fully saturated rings. The fraction of sp³-hybridized carbons (Fsp3) is 0.211. The lowest BCUT2D eigenvalue weighted by molar-refractivity contribution is -0.119. The van der Waals surface area contributed by atoms with Gasteiger partial charge in [-0.25, -0.2) is 9.97 Å². The van der Waals surface area contributed by atoms with Gasteiger partial charge in [0.15, 0.2) is 11.5 Å². The summed E-state index contributed by atoms with van der Waals surface area (Å²) in [4.78, 5) is 22.2. The molecule has 0 aliphatic rings. The average Bonchev–Trinajstić information content (AvgIpc) is 2.62. The number of carbonyl (C=O) groups excluding carboxylic acids is 1. The molecule has 27 heavy (non-hydrogen) atoms. The number of ether oxygens (including phenoxy) is 1. The summed E-state index contributed by atoms with van der Waals surface area (Å²) < 4.78 is 5.16. The van der Waals surface area contributed by atoms with Gasteiger partial charge in [-0.15, -0.1) is 12.4 Å². The average molecular weight is 389 g/mol. The summed E-state index contributed by atoms with van der Waals surface area (Å²) in [6.07, 6.45) is 1.09. The Balaban J connectivity index is 0.00000261. The third-order valence-corrected chi connectivity index (χ3v) is 3.98. The van der Waals surface area contributed by atoms with Crippen LogP contribution in [0.15, 0.2) is 48.8 Å². The molecule has 0 saturated heterocycles. The number of amides is 1. The summed E-state index contributed by atoms with van der Waals surface area (Å²) in [6, 6.07) is 12.8. The molecule has 1 amide bonds. The number of carbonyl (C=O) groups is 1. The lowest BCUT2D eigenvalue weighted by Gasteiger charge is -2.31. The van der Waals surface area contributed by atoms with Gasteiger partial charge in [-0.3, -0.25) is 4.79 Å². The highest BCUT2D eigenvalue weighted by atomic mass is 35.5. The van der Waals surface area contributed by atoms with Crippen molar-refractivity contribution in [2.24, 2.45) is 0 Å². The van der Waals surface area contributed by atoms with Crippen molar-refractivity contribution in [3.05, 3.63) is 48.8 Å². The third-order valence-electron chi connectivity index (χ3n) is 3.98. The van der Waals surface area contributed by atoms with Crippen LogP contribution in [0.5, 0.6) is 11.5 Å². The van der Waals surface area contributed by atoms with E-state index in [0.29, 0.717) is 22.5 Å². The number of aromatic nitrogens is 2. The Morgan fingerprint density at radius 3 is 2.56 bits per heavy atom. The Labute approximate surface area is 163 Å². The molecule has 0 bridgehead atoms. The molecule has 3 rings (SSSR count). The molecular weight excluding hydrogens is 368 g/mol. The summed E-state index contributed by atoms with van der Waals surface area (Å²) in [5.74, 6) is 0.751. The number of rotatable bonds is 5. The van der Waals surface area contributed by atoms with Crippen LogP contribution >= 0.6 is 12.4 Å². The van der Waals surface area contributed by atoms with Gasteiger partial charge in [0.25, 0.3) is 0 Å². The summed E-state index contributed by atoms with van der Waals surface area (Å²) in [6.45, 7) is 3.33. The number of phenols is 1. The lowest BCUT2D eigenvalue weighted by Crippen LogP contribution is -2.43. The van der Waals surface area contributed by atoms with Crippen LogP contribution in [0.25, 0.3) is 10.9 Å². The predicted molar refractivity (Wildman–Crippen MR) is 107 cm³/mol. The first-order valence-corrected chi connectivity index (χ1v) is 8.14. The van der Waals surface area contributed by atoms with Gasteiger partial charge in [-0.2, -0.15) is 0 Å². The van der Waals surface area contributed by atoms with Crippen molar-refractivity contribution in [3.63, 3.8) is 0 Å². The predicted octanol–water partition coefficient (Wildman–Crippen LogP) is 3.39. The van der Waals surface area contributed by atoms with Gasteiger partial charge in [0.05, 0.1) is 12.6 Å². The number of nitrogens with zero attached hydrogens (tertiary/aromatic N) is 3. The second kappa shape index (κ2) is 8.55. The highest BCUT2D eigenvalue weighted by Gasteiger charge is 2.22. The van der Waals surface area contributed by atoms with Crippen molar-refractivity contribution in [2.45, 2.75) is 20.0 Å². The van der Waals surface area contributed by atoms with E-state index in [9.17, 15) is 9.90 Å². The SMILES string of the molecule is COc1cc2ncnc(N(c3ccccc3)C(C)NC(C)=O)c2cc1O.Cl. The van der Waals surface area contributed by atoms with Gasteiger partial charge >= 0.3 is 0 Å². The maximum atomic E-state index is 11.6. The Morgan fingerprint density at radius 2 is 1.93 bits per heavy atom. The Morgan fingerprint density at radius 1 is 1.22 bits per heavy atom. The summed E-state index contributed by atoms with van der Waals surface area (Å²) >= 11 is 0. The van der Waals surface area contributed by atoms with E-state index >= 15 is 0 Å². The minimum Gasteiger partial charge on any atom is -0.504 e. The number of aromatic hydroxyl groups is 1. The third kappa shape index (κ3) is 4.20. The van der Waals surface area contributed by atoms with Crippen molar-refractivity contribution in [2.75, 3.05) is 12.0 Å². The van der Waals surface area contributed by atoms with E-state index in [1.54, 1.807) is 12.1 Å². The molecule has 0 aliphatic heterocycles. The summed E-state index contributed by atoms with van der Waals surface area (Å²) in [5.41, 5.74) is 1.48. The number of phenolic OH excluding ortho intramolecular Hbond substituents is 1. The minimum atomic E-state index is -0.364. The molecule has 0 saturated carbocycles. The molecule has 1 atom stereocenters. The molecule has 3 aromatic rings. The molecule has 0 aliphatic carbocycles. The smallest absolute Gasteiger partial charge is 0.218 e. The Bertz CT molecular complexity index is 937. The molecule has 2 N–H and O–H groups in total. The van der Waals surface area contributed by atoms with Crippen molar-refractivity contribution in [1.82, 2.24) is 15.3 Å². The van der Waals surface area contributed by atoms with Gasteiger partial charge in [0.1, 0.15) is 18.3 Å². The zero-order valence-electron chi connectivity index (χ0n) is 15.2. The van der Waals surface area contributed by atoms with Gasteiger partial charge in [-0.05, 0) is 25.1 Å². The van der Waals surface area contributed by atoms with Crippen molar-refractivity contribution >= 4 is 40.7 Å². The van der Waals surface area contributed by atoms with Gasteiger partial charge in [0.2, 0.25) is 5.91 Å². The van der Waals surface area contributed by atoms with Gasteiger partial charge in [0, 0.05) is 24.1 Å². The number of nitrogens with one attached hydrogen (secondary N) is 1. The quantitative estimate of drug-likeness (QED) is 0.651. The van der Waals surface area contributed by atoms with Gasteiger partial charge < -0.3 is 20.1 Å². The van der Waals surface area contributed by atoms with Gasteiger partial charge in [-0.1, -0.05) is 18.2 Å². The Kier molecular flexibility index (Phi) is 6.41. The first-order valence-electron chi connectivity index (χ1n) is 8.14. The fourth-order valence-electron chi connectivity index (χ4n) is 2.89. The first-order chi connectivity index (χ1) is 12.5. The van der Waals surface area contributed by atoms with Crippen molar-refractivity contribution in [1.29, 1.82) is 0 Å². The van der Waals surface area contributed by atoms with Crippen LogP contribution in [0.1, 0.15) is 13.8 Å². The number of hydrogen-bond donors (Lipinski definition) is 2. The largest absolute Gasteiger partial charge is 0.504 e. The number of methoxy groups -OCH3 is 1. The number of para-hydroxylation sites is 1. The molecule has 1 unspecified atom stereocenters. The zero-order valence-corrected chi connectivity index (χ0v) is 16.0. The van der Waals surface area contributed by atoms with E-state index in [0.717, 1.165) is 5.69 Å². The van der Waals surface area contributed by atoms with Crippen LogP contribution < -0.4 is 15.0 Å². The van der Waals surface area contributed by atoms with Crippen LogP contribution in [-0.2, 0) is 4.79 Å². The zero-order chi connectivity index (χ0) is 18.7.